The van der Waals surface area contributed by atoms with Gasteiger partial charge < -0.3 is 9.64 Å². The lowest BCUT2D eigenvalue weighted by atomic mass is 9.97. The third kappa shape index (κ3) is 3.69. The largest absolute Gasteiger partial charge is 0.466 e. The molecule has 0 spiro atoms. The Morgan fingerprint density at radius 1 is 1.25 bits per heavy atom. The van der Waals surface area contributed by atoms with Crippen LogP contribution in [0.15, 0.2) is 36.5 Å². The summed E-state index contributed by atoms with van der Waals surface area (Å²) in [6, 6.07) is 8.05. The van der Waals surface area contributed by atoms with Gasteiger partial charge in [-0.3, -0.25) is 4.79 Å². The average Bonchev–Trinajstić information content (AvgIpc) is 2.63. The molecule has 1 aromatic carbocycles. The number of anilines is 1. The second kappa shape index (κ2) is 7.38. The summed E-state index contributed by atoms with van der Waals surface area (Å²) in [6.45, 7) is 3.68. The highest BCUT2D eigenvalue weighted by molar-refractivity contribution is 5.72. The minimum Gasteiger partial charge on any atom is -0.466 e. The molecular formula is C18H20FN3O2. The SMILES string of the molecule is CCOC(=O)C1CCN(c2nccc(-c3ccc(F)cc3)n2)CC1. The first-order valence-electron chi connectivity index (χ1n) is 8.18. The summed E-state index contributed by atoms with van der Waals surface area (Å²) >= 11 is 0. The van der Waals surface area contributed by atoms with Crippen molar-refractivity contribution in [2.24, 2.45) is 5.92 Å². The molecule has 0 atom stereocenters. The molecule has 24 heavy (non-hydrogen) atoms. The van der Waals surface area contributed by atoms with Crippen LogP contribution in [0.5, 0.6) is 0 Å². The van der Waals surface area contributed by atoms with Crippen LogP contribution in [0.3, 0.4) is 0 Å². The van der Waals surface area contributed by atoms with E-state index in [4.69, 9.17) is 4.74 Å². The molecule has 1 fully saturated rings. The van der Waals surface area contributed by atoms with E-state index in [2.05, 4.69) is 14.9 Å². The lowest BCUT2D eigenvalue weighted by Crippen LogP contribution is -2.37. The Labute approximate surface area is 140 Å². The van der Waals surface area contributed by atoms with Gasteiger partial charge >= 0.3 is 5.97 Å². The molecule has 0 saturated carbocycles. The second-order valence-electron chi connectivity index (χ2n) is 5.76. The molecule has 1 aromatic heterocycles. The van der Waals surface area contributed by atoms with Gasteiger partial charge in [-0.25, -0.2) is 14.4 Å². The molecule has 0 bridgehead atoms. The first-order chi connectivity index (χ1) is 11.7. The van der Waals surface area contributed by atoms with Crippen molar-refractivity contribution >= 4 is 11.9 Å². The normalized spacial score (nSPS) is 15.3. The minimum absolute atomic E-state index is 0.0403. The molecule has 0 amide bonds. The maximum atomic E-state index is 13.1. The second-order valence-corrected chi connectivity index (χ2v) is 5.76. The molecule has 0 unspecified atom stereocenters. The molecule has 6 heteroatoms. The van der Waals surface area contributed by atoms with E-state index in [1.54, 1.807) is 18.3 Å². The van der Waals surface area contributed by atoms with E-state index in [1.165, 1.54) is 12.1 Å². The lowest BCUT2D eigenvalue weighted by molar-refractivity contribution is -0.148. The Kier molecular flexibility index (Phi) is 5.03. The van der Waals surface area contributed by atoms with E-state index in [1.807, 2.05) is 13.0 Å². The highest BCUT2D eigenvalue weighted by Crippen LogP contribution is 2.24. The van der Waals surface area contributed by atoms with Crippen molar-refractivity contribution in [1.82, 2.24) is 9.97 Å². The number of benzene rings is 1. The summed E-state index contributed by atoms with van der Waals surface area (Å²) in [4.78, 5) is 22.8. The maximum absolute atomic E-state index is 13.1. The lowest BCUT2D eigenvalue weighted by Gasteiger charge is -2.30. The topological polar surface area (TPSA) is 55.3 Å². The summed E-state index contributed by atoms with van der Waals surface area (Å²) in [5.41, 5.74) is 1.61. The van der Waals surface area contributed by atoms with Crippen LogP contribution in [-0.2, 0) is 9.53 Å². The van der Waals surface area contributed by atoms with E-state index in [0.29, 0.717) is 12.6 Å². The van der Waals surface area contributed by atoms with Crippen LogP contribution in [0, 0.1) is 11.7 Å². The molecule has 0 N–H and O–H groups in total. The molecule has 1 saturated heterocycles. The van der Waals surface area contributed by atoms with Gasteiger partial charge in [0.15, 0.2) is 0 Å². The fourth-order valence-electron chi connectivity index (χ4n) is 2.86. The van der Waals surface area contributed by atoms with Crippen molar-refractivity contribution in [2.45, 2.75) is 19.8 Å². The molecule has 1 aliphatic rings. The van der Waals surface area contributed by atoms with Gasteiger partial charge in [-0.05, 0) is 50.1 Å². The molecule has 0 aliphatic carbocycles. The standard InChI is InChI=1S/C18H20FN3O2/c1-2-24-17(23)14-8-11-22(12-9-14)18-20-10-7-16(21-18)13-3-5-15(19)6-4-13/h3-7,10,14H,2,8-9,11-12H2,1H3. The van der Waals surface area contributed by atoms with Gasteiger partial charge in [0.1, 0.15) is 5.82 Å². The average molecular weight is 329 g/mol. The van der Waals surface area contributed by atoms with Crippen molar-refractivity contribution in [3.05, 3.63) is 42.3 Å². The van der Waals surface area contributed by atoms with Gasteiger partial charge in [0, 0.05) is 24.8 Å². The van der Waals surface area contributed by atoms with Crippen LogP contribution >= 0.6 is 0 Å². The predicted octanol–water partition coefficient (Wildman–Crippen LogP) is 3.06. The number of halogens is 1. The van der Waals surface area contributed by atoms with E-state index < -0.39 is 0 Å². The van der Waals surface area contributed by atoms with E-state index >= 15 is 0 Å². The summed E-state index contributed by atoms with van der Waals surface area (Å²) in [6.07, 6.45) is 3.18. The fourth-order valence-corrected chi connectivity index (χ4v) is 2.86. The summed E-state index contributed by atoms with van der Waals surface area (Å²) < 4.78 is 18.1. The first kappa shape index (κ1) is 16.4. The number of rotatable bonds is 4. The molecular weight excluding hydrogens is 309 g/mol. The van der Waals surface area contributed by atoms with E-state index in [-0.39, 0.29) is 17.7 Å². The van der Waals surface area contributed by atoms with Crippen LogP contribution in [0.25, 0.3) is 11.3 Å². The van der Waals surface area contributed by atoms with Crippen LogP contribution in [0.4, 0.5) is 10.3 Å². The van der Waals surface area contributed by atoms with E-state index in [0.717, 1.165) is 37.2 Å². The molecule has 1 aliphatic heterocycles. The predicted molar refractivity (Wildman–Crippen MR) is 89.0 cm³/mol. The Balaban J connectivity index is 1.69. The van der Waals surface area contributed by atoms with Crippen molar-refractivity contribution in [3.8, 4) is 11.3 Å². The minimum atomic E-state index is -0.269. The van der Waals surface area contributed by atoms with Gasteiger partial charge in [-0.15, -0.1) is 0 Å². The molecule has 3 rings (SSSR count). The Morgan fingerprint density at radius 3 is 2.62 bits per heavy atom. The zero-order valence-corrected chi connectivity index (χ0v) is 13.6. The zero-order valence-electron chi connectivity index (χ0n) is 13.6. The molecule has 2 heterocycles. The number of hydrogen-bond acceptors (Lipinski definition) is 5. The Morgan fingerprint density at radius 2 is 1.96 bits per heavy atom. The summed E-state index contributed by atoms with van der Waals surface area (Å²) in [5.74, 6) is 0.216. The molecule has 0 radical (unpaired) electrons. The fraction of sp³-hybridized carbons (Fsp3) is 0.389. The molecule has 2 aromatic rings. The number of nitrogens with zero attached hydrogens (tertiary/aromatic N) is 3. The van der Waals surface area contributed by atoms with Gasteiger partial charge in [0.2, 0.25) is 5.95 Å². The van der Waals surface area contributed by atoms with Crippen molar-refractivity contribution < 1.29 is 13.9 Å². The molecule has 5 nitrogen and oxygen atoms in total. The number of aromatic nitrogens is 2. The number of piperidine rings is 1. The maximum Gasteiger partial charge on any atom is 0.309 e. The monoisotopic (exact) mass is 329 g/mol. The van der Waals surface area contributed by atoms with Crippen LogP contribution in [0.2, 0.25) is 0 Å². The molecule has 126 valence electrons. The van der Waals surface area contributed by atoms with Crippen LogP contribution in [-0.4, -0.2) is 35.6 Å². The quantitative estimate of drug-likeness (QED) is 0.807. The summed E-state index contributed by atoms with van der Waals surface area (Å²) in [7, 11) is 0. The van der Waals surface area contributed by atoms with Gasteiger partial charge in [-0.2, -0.15) is 0 Å². The van der Waals surface area contributed by atoms with E-state index in [9.17, 15) is 9.18 Å². The highest BCUT2D eigenvalue weighted by atomic mass is 19.1. The van der Waals surface area contributed by atoms with Crippen LogP contribution < -0.4 is 4.90 Å². The van der Waals surface area contributed by atoms with Gasteiger partial charge in [0.25, 0.3) is 0 Å². The van der Waals surface area contributed by atoms with Crippen molar-refractivity contribution in [3.63, 3.8) is 0 Å². The third-order valence-corrected chi connectivity index (χ3v) is 4.18. The Hall–Kier alpha value is -2.50. The zero-order chi connectivity index (χ0) is 16.9. The number of ether oxygens (including phenoxy) is 1. The van der Waals surface area contributed by atoms with Crippen LogP contribution in [0.1, 0.15) is 19.8 Å². The smallest absolute Gasteiger partial charge is 0.309 e. The third-order valence-electron chi connectivity index (χ3n) is 4.18. The first-order valence-corrected chi connectivity index (χ1v) is 8.18. The number of esters is 1. The van der Waals surface area contributed by atoms with Crippen molar-refractivity contribution in [1.29, 1.82) is 0 Å². The van der Waals surface area contributed by atoms with Gasteiger partial charge in [-0.1, -0.05) is 0 Å². The number of hydrogen-bond donors (Lipinski definition) is 0. The summed E-state index contributed by atoms with van der Waals surface area (Å²) in [5, 5.41) is 0. The number of carbonyl (C=O) groups is 1. The number of carbonyl (C=O) groups excluding carboxylic acids is 1. The van der Waals surface area contributed by atoms with Gasteiger partial charge in [0.05, 0.1) is 18.2 Å². The van der Waals surface area contributed by atoms with Crippen molar-refractivity contribution in [2.75, 3.05) is 24.6 Å². The highest BCUT2D eigenvalue weighted by Gasteiger charge is 2.27. The Bertz CT molecular complexity index is 698.